The molecule has 0 bridgehead atoms. The number of methoxy groups -OCH3 is 1. The molecule has 1 aromatic heterocycles. The number of aliphatic hydroxyl groups excluding tert-OH is 1. The molecule has 182 valence electrons. The van der Waals surface area contributed by atoms with Crippen molar-refractivity contribution in [2.24, 2.45) is 0 Å². The standard InChI is InChI=1S/C27H35N3O4/c1-19(2)33-18-23(31)16-29(21-10-11-21)17-26-20(3)28-30(22-8-6-5-7-9-22)27(26)34-25-14-12-24(32-4)13-15-25/h5-9,12-15,19,21,23,31H,10-11,16-18H2,1-4H3. The second kappa shape index (κ2) is 11.0. The number of nitrogens with zero attached hydrogens (tertiary/aromatic N) is 3. The van der Waals surface area contributed by atoms with Gasteiger partial charge >= 0.3 is 0 Å². The minimum Gasteiger partial charge on any atom is -0.497 e. The minimum absolute atomic E-state index is 0.0971. The Balaban J connectivity index is 1.63. The van der Waals surface area contributed by atoms with Gasteiger partial charge in [0.05, 0.1) is 42.9 Å². The van der Waals surface area contributed by atoms with Gasteiger partial charge in [-0.25, -0.2) is 4.68 Å². The Labute approximate surface area is 201 Å². The maximum absolute atomic E-state index is 10.6. The van der Waals surface area contributed by atoms with Crippen molar-refractivity contribution in [2.45, 2.75) is 58.4 Å². The lowest BCUT2D eigenvalue weighted by Crippen LogP contribution is -2.36. The van der Waals surface area contributed by atoms with Crippen molar-refractivity contribution in [3.8, 4) is 23.1 Å². The molecule has 7 nitrogen and oxygen atoms in total. The van der Waals surface area contributed by atoms with Gasteiger partial charge in [-0.15, -0.1) is 0 Å². The zero-order chi connectivity index (χ0) is 24.1. The zero-order valence-electron chi connectivity index (χ0n) is 20.5. The maximum Gasteiger partial charge on any atom is 0.227 e. The number of aryl methyl sites for hydroxylation is 1. The van der Waals surface area contributed by atoms with Gasteiger partial charge in [-0.2, -0.15) is 5.10 Å². The summed E-state index contributed by atoms with van der Waals surface area (Å²) >= 11 is 0. The van der Waals surface area contributed by atoms with E-state index in [4.69, 9.17) is 19.3 Å². The Bertz CT molecular complexity index is 1050. The molecule has 0 aliphatic heterocycles. The Morgan fingerprint density at radius 2 is 1.74 bits per heavy atom. The van der Waals surface area contributed by atoms with Crippen LogP contribution < -0.4 is 9.47 Å². The monoisotopic (exact) mass is 465 g/mol. The van der Waals surface area contributed by atoms with Crippen LogP contribution in [0.15, 0.2) is 54.6 Å². The van der Waals surface area contributed by atoms with E-state index in [1.807, 2.05) is 80.1 Å². The third kappa shape index (κ3) is 6.17. The van der Waals surface area contributed by atoms with Gasteiger partial charge in [-0.05, 0) is 70.0 Å². The van der Waals surface area contributed by atoms with Crippen LogP contribution in [0.4, 0.5) is 0 Å². The number of benzene rings is 2. The Hall–Kier alpha value is -2.87. The molecule has 7 heteroatoms. The van der Waals surface area contributed by atoms with Crippen LogP contribution in [0.3, 0.4) is 0 Å². The van der Waals surface area contributed by atoms with Crippen LogP contribution in [0, 0.1) is 6.92 Å². The number of para-hydroxylation sites is 1. The van der Waals surface area contributed by atoms with Crippen molar-refractivity contribution in [3.63, 3.8) is 0 Å². The molecular weight excluding hydrogens is 430 g/mol. The quantitative estimate of drug-likeness (QED) is 0.417. The fourth-order valence-electron chi connectivity index (χ4n) is 3.94. The van der Waals surface area contributed by atoms with E-state index in [-0.39, 0.29) is 6.10 Å². The molecule has 1 unspecified atom stereocenters. The third-order valence-corrected chi connectivity index (χ3v) is 5.90. The first-order chi connectivity index (χ1) is 16.4. The molecule has 34 heavy (non-hydrogen) atoms. The number of hydrogen-bond acceptors (Lipinski definition) is 6. The molecule has 1 aliphatic carbocycles. The van der Waals surface area contributed by atoms with E-state index in [0.29, 0.717) is 37.4 Å². The fourth-order valence-corrected chi connectivity index (χ4v) is 3.94. The second-order valence-corrected chi connectivity index (χ2v) is 9.09. The lowest BCUT2D eigenvalue weighted by atomic mass is 10.2. The second-order valence-electron chi connectivity index (χ2n) is 9.09. The molecule has 1 N–H and O–H groups in total. The zero-order valence-corrected chi connectivity index (χ0v) is 20.5. The first kappa shape index (κ1) is 24.3. The van der Waals surface area contributed by atoms with Crippen LogP contribution in [0.2, 0.25) is 0 Å². The van der Waals surface area contributed by atoms with Gasteiger partial charge in [0.2, 0.25) is 5.88 Å². The van der Waals surface area contributed by atoms with Crippen molar-refractivity contribution in [1.29, 1.82) is 0 Å². The Morgan fingerprint density at radius 1 is 1.06 bits per heavy atom. The highest BCUT2D eigenvalue weighted by Crippen LogP contribution is 2.35. The molecule has 2 aromatic carbocycles. The van der Waals surface area contributed by atoms with E-state index in [0.717, 1.165) is 35.5 Å². The van der Waals surface area contributed by atoms with Crippen LogP contribution in [-0.4, -0.2) is 58.3 Å². The summed E-state index contributed by atoms with van der Waals surface area (Å²) in [6.07, 6.45) is 1.83. The van der Waals surface area contributed by atoms with Crippen LogP contribution in [0.1, 0.15) is 37.9 Å². The van der Waals surface area contributed by atoms with E-state index in [9.17, 15) is 5.11 Å². The van der Waals surface area contributed by atoms with Gasteiger partial charge in [-0.3, -0.25) is 4.90 Å². The van der Waals surface area contributed by atoms with E-state index >= 15 is 0 Å². The molecule has 3 aromatic rings. The lowest BCUT2D eigenvalue weighted by molar-refractivity contribution is -0.0107. The van der Waals surface area contributed by atoms with Crippen LogP contribution in [0.5, 0.6) is 17.4 Å². The number of ether oxygens (including phenoxy) is 3. The number of aromatic nitrogens is 2. The van der Waals surface area contributed by atoms with Crippen molar-refractivity contribution in [2.75, 3.05) is 20.3 Å². The predicted octanol–water partition coefficient (Wildman–Crippen LogP) is 4.73. The smallest absolute Gasteiger partial charge is 0.227 e. The summed E-state index contributed by atoms with van der Waals surface area (Å²) in [6, 6.07) is 18.0. The molecule has 4 rings (SSSR count). The van der Waals surface area contributed by atoms with Crippen molar-refractivity contribution in [1.82, 2.24) is 14.7 Å². The molecular formula is C27H35N3O4. The van der Waals surface area contributed by atoms with Crippen molar-refractivity contribution in [3.05, 3.63) is 65.9 Å². The van der Waals surface area contributed by atoms with Gasteiger partial charge in [0.15, 0.2) is 0 Å². The first-order valence-corrected chi connectivity index (χ1v) is 11.9. The number of aliphatic hydroxyl groups is 1. The van der Waals surface area contributed by atoms with Crippen LogP contribution >= 0.6 is 0 Å². The molecule has 1 saturated carbocycles. The number of rotatable bonds is 12. The topological polar surface area (TPSA) is 69.0 Å². The minimum atomic E-state index is -0.543. The summed E-state index contributed by atoms with van der Waals surface area (Å²) in [4.78, 5) is 2.33. The highest BCUT2D eigenvalue weighted by Gasteiger charge is 2.32. The Kier molecular flexibility index (Phi) is 7.88. The molecule has 1 aliphatic rings. The molecule has 1 fully saturated rings. The van der Waals surface area contributed by atoms with Gasteiger partial charge in [-0.1, -0.05) is 18.2 Å². The Morgan fingerprint density at radius 3 is 2.35 bits per heavy atom. The molecule has 0 radical (unpaired) electrons. The van der Waals surface area contributed by atoms with Crippen LogP contribution in [0.25, 0.3) is 5.69 Å². The highest BCUT2D eigenvalue weighted by atomic mass is 16.5. The predicted molar refractivity (Wildman–Crippen MR) is 132 cm³/mol. The van der Waals surface area contributed by atoms with Crippen molar-refractivity contribution >= 4 is 0 Å². The summed E-state index contributed by atoms with van der Waals surface area (Å²) < 4.78 is 19.2. The molecule has 0 spiro atoms. The van der Waals surface area contributed by atoms with Crippen molar-refractivity contribution < 1.29 is 19.3 Å². The molecule has 0 saturated heterocycles. The highest BCUT2D eigenvalue weighted by molar-refractivity contribution is 5.44. The first-order valence-electron chi connectivity index (χ1n) is 11.9. The fraction of sp³-hybridized carbons (Fsp3) is 0.444. The summed E-state index contributed by atoms with van der Waals surface area (Å²) in [6.45, 7) is 7.51. The van der Waals surface area contributed by atoms with E-state index in [2.05, 4.69) is 4.90 Å². The average Bonchev–Trinajstić information content (AvgIpc) is 3.65. The molecule has 0 amide bonds. The summed E-state index contributed by atoms with van der Waals surface area (Å²) in [5.74, 6) is 2.17. The largest absolute Gasteiger partial charge is 0.497 e. The molecule has 1 heterocycles. The van der Waals surface area contributed by atoms with Gasteiger partial charge in [0.1, 0.15) is 11.5 Å². The number of hydrogen-bond donors (Lipinski definition) is 1. The van der Waals surface area contributed by atoms with E-state index in [1.54, 1.807) is 7.11 Å². The summed E-state index contributed by atoms with van der Waals surface area (Å²) in [5.41, 5.74) is 2.86. The van der Waals surface area contributed by atoms with Gasteiger partial charge in [0, 0.05) is 19.1 Å². The van der Waals surface area contributed by atoms with E-state index in [1.165, 1.54) is 0 Å². The maximum atomic E-state index is 10.6. The summed E-state index contributed by atoms with van der Waals surface area (Å²) in [7, 11) is 1.65. The van der Waals surface area contributed by atoms with E-state index < -0.39 is 6.10 Å². The lowest BCUT2D eigenvalue weighted by Gasteiger charge is -2.25. The normalized spacial score (nSPS) is 14.6. The van der Waals surface area contributed by atoms with Crippen LogP contribution in [-0.2, 0) is 11.3 Å². The third-order valence-electron chi connectivity index (χ3n) is 5.90. The average molecular weight is 466 g/mol. The SMILES string of the molecule is COc1ccc(Oc2c(CN(CC(O)COC(C)C)C3CC3)c(C)nn2-c2ccccc2)cc1. The summed E-state index contributed by atoms with van der Waals surface area (Å²) in [5, 5.41) is 15.4. The molecule has 1 atom stereocenters. The van der Waals surface area contributed by atoms with Gasteiger partial charge in [0.25, 0.3) is 0 Å². The van der Waals surface area contributed by atoms with Gasteiger partial charge < -0.3 is 19.3 Å².